The summed E-state index contributed by atoms with van der Waals surface area (Å²) in [6, 6.07) is 8.71. The Hall–Kier alpha value is -2.77. The smallest absolute Gasteiger partial charge is 0.232 e. The molecule has 0 aliphatic carbocycles. The van der Waals surface area contributed by atoms with Crippen LogP contribution in [0.2, 0.25) is 0 Å². The van der Waals surface area contributed by atoms with Gasteiger partial charge < -0.3 is 10.7 Å². The fraction of sp³-hybridized carbons (Fsp3) is 0.133. The lowest BCUT2D eigenvalue weighted by molar-refractivity contribution is -0.497. The molecule has 3 heterocycles. The van der Waals surface area contributed by atoms with E-state index in [1.807, 2.05) is 12.1 Å². The van der Waals surface area contributed by atoms with Crippen LogP contribution in [0.4, 0.5) is 17.2 Å². The third-order valence-corrected chi connectivity index (χ3v) is 3.33. The number of nitrogens with zero attached hydrogens (tertiary/aromatic N) is 4. The minimum Gasteiger partial charge on any atom is -0.630 e. The van der Waals surface area contributed by atoms with Crippen molar-refractivity contribution in [3.63, 3.8) is 0 Å². The van der Waals surface area contributed by atoms with Crippen molar-refractivity contribution in [1.82, 2.24) is 14.6 Å². The van der Waals surface area contributed by atoms with Crippen LogP contribution in [-0.2, 0) is 4.79 Å². The van der Waals surface area contributed by atoms with E-state index in [0.717, 1.165) is 11.0 Å². The van der Waals surface area contributed by atoms with E-state index < -0.39 is 0 Å². The van der Waals surface area contributed by atoms with Gasteiger partial charge in [-0.25, -0.2) is 9.50 Å². The molecule has 0 fully saturated rings. The van der Waals surface area contributed by atoms with Gasteiger partial charge in [0, 0.05) is 37.1 Å². The second kappa shape index (κ2) is 5.92. The summed E-state index contributed by atoms with van der Waals surface area (Å²) in [6.07, 6.45) is 5.32. The van der Waals surface area contributed by atoms with Gasteiger partial charge in [0.25, 0.3) is 0 Å². The fourth-order valence-electron chi connectivity index (χ4n) is 2.24. The van der Waals surface area contributed by atoms with Crippen molar-refractivity contribution >= 4 is 28.6 Å². The zero-order valence-corrected chi connectivity index (χ0v) is 12.0. The molecule has 0 saturated carbocycles. The molecule has 0 unspecified atom stereocenters. The van der Waals surface area contributed by atoms with Crippen molar-refractivity contribution < 1.29 is 10.3 Å². The molecule has 0 aliphatic heterocycles. The first-order valence-corrected chi connectivity index (χ1v) is 6.90. The molecule has 7 nitrogen and oxygen atoms in total. The third kappa shape index (κ3) is 2.54. The van der Waals surface area contributed by atoms with E-state index in [0.29, 0.717) is 23.6 Å². The Morgan fingerprint density at radius 2 is 2.18 bits per heavy atom. The molecular formula is C15H15N5O2. The topological polar surface area (TPSA) is 90.2 Å². The van der Waals surface area contributed by atoms with Crippen molar-refractivity contribution in [3.8, 4) is 0 Å². The minimum atomic E-state index is -0.0978. The molecule has 0 atom stereocenters. The largest absolute Gasteiger partial charge is 0.630 e. The quantitative estimate of drug-likeness (QED) is 0.739. The third-order valence-electron chi connectivity index (χ3n) is 3.33. The zero-order valence-electron chi connectivity index (χ0n) is 12.0. The van der Waals surface area contributed by atoms with Gasteiger partial charge in [0.2, 0.25) is 5.91 Å². The summed E-state index contributed by atoms with van der Waals surface area (Å²) in [5.74, 6) is 0.333. The molecule has 0 radical (unpaired) electrons. The number of carbonyl (C=O) groups is 1. The maximum absolute atomic E-state index is 12.4. The van der Waals surface area contributed by atoms with Crippen LogP contribution in [0.5, 0.6) is 0 Å². The van der Waals surface area contributed by atoms with E-state index in [-0.39, 0.29) is 5.91 Å². The Labute approximate surface area is 126 Å². The van der Waals surface area contributed by atoms with E-state index in [4.69, 9.17) is 0 Å². The van der Waals surface area contributed by atoms with Gasteiger partial charge in [0.1, 0.15) is 11.5 Å². The van der Waals surface area contributed by atoms with E-state index in [2.05, 4.69) is 10.1 Å². The summed E-state index contributed by atoms with van der Waals surface area (Å²) in [4.78, 5) is 18.1. The van der Waals surface area contributed by atoms with Gasteiger partial charge in [0.15, 0.2) is 0 Å². The first kappa shape index (κ1) is 14.2. The highest BCUT2D eigenvalue weighted by Gasteiger charge is 2.19. The van der Waals surface area contributed by atoms with Crippen LogP contribution in [0.15, 0.2) is 48.9 Å². The van der Waals surface area contributed by atoms with Gasteiger partial charge in [-0.05, 0) is 18.2 Å². The van der Waals surface area contributed by atoms with Crippen LogP contribution in [0.25, 0.3) is 5.52 Å². The number of nitrogens with two attached hydrogens (primary N) is 1. The summed E-state index contributed by atoms with van der Waals surface area (Å²) >= 11 is 0. The number of rotatable bonds is 4. The lowest BCUT2D eigenvalue weighted by atomic mass is 10.2. The molecule has 0 aromatic carbocycles. The molecule has 0 aliphatic rings. The van der Waals surface area contributed by atoms with Crippen LogP contribution in [0.1, 0.15) is 13.3 Å². The van der Waals surface area contributed by atoms with Gasteiger partial charge in [0.05, 0.1) is 11.2 Å². The van der Waals surface area contributed by atoms with Gasteiger partial charge >= 0.3 is 0 Å². The van der Waals surface area contributed by atoms with E-state index in [1.165, 1.54) is 11.1 Å². The van der Waals surface area contributed by atoms with Gasteiger partial charge in [-0.15, -0.1) is 0 Å². The molecule has 112 valence electrons. The van der Waals surface area contributed by atoms with E-state index in [1.54, 1.807) is 42.0 Å². The number of quaternary nitrogens is 1. The Morgan fingerprint density at radius 1 is 1.32 bits per heavy atom. The number of hydrogen-bond donors (Lipinski definition) is 1. The average Bonchev–Trinajstić information content (AvgIpc) is 3.03. The Balaban J connectivity index is 2.10. The first-order chi connectivity index (χ1) is 10.7. The number of amides is 1. The van der Waals surface area contributed by atoms with Crippen molar-refractivity contribution in [2.45, 2.75) is 13.3 Å². The summed E-state index contributed by atoms with van der Waals surface area (Å²) in [5.41, 5.74) is 2.78. The predicted molar refractivity (Wildman–Crippen MR) is 81.8 cm³/mol. The maximum atomic E-state index is 12.4. The number of fused-ring (bicyclic) bond motifs is 1. The van der Waals surface area contributed by atoms with Crippen molar-refractivity contribution in [1.29, 1.82) is 0 Å². The minimum absolute atomic E-state index is 0.0978. The van der Waals surface area contributed by atoms with Crippen molar-refractivity contribution in [2.24, 2.45) is 0 Å². The number of hydrogen-bond acceptors (Lipinski definition) is 4. The van der Waals surface area contributed by atoms with Crippen molar-refractivity contribution in [3.05, 3.63) is 54.1 Å². The molecular weight excluding hydrogens is 282 g/mol. The van der Waals surface area contributed by atoms with E-state index in [9.17, 15) is 10.0 Å². The van der Waals surface area contributed by atoms with Crippen LogP contribution in [0, 0.1) is 5.21 Å². The Kier molecular flexibility index (Phi) is 3.82. The molecule has 1 amide bonds. The first-order valence-electron chi connectivity index (χ1n) is 6.90. The Bertz CT molecular complexity index is 814. The second-order valence-electron chi connectivity index (χ2n) is 4.73. The second-order valence-corrected chi connectivity index (χ2v) is 4.73. The van der Waals surface area contributed by atoms with Gasteiger partial charge in [-0.2, -0.15) is 5.10 Å². The number of aromatic nitrogens is 3. The zero-order chi connectivity index (χ0) is 15.5. The fourth-order valence-corrected chi connectivity index (χ4v) is 2.24. The highest BCUT2D eigenvalue weighted by atomic mass is 16.5. The predicted octanol–water partition coefficient (Wildman–Crippen LogP) is 1.50. The monoisotopic (exact) mass is 297 g/mol. The summed E-state index contributed by atoms with van der Waals surface area (Å²) in [5, 5.41) is 15.1. The maximum Gasteiger partial charge on any atom is 0.232 e. The molecule has 0 bridgehead atoms. The molecule has 0 spiro atoms. The van der Waals surface area contributed by atoms with Crippen LogP contribution >= 0.6 is 0 Å². The standard InChI is InChI=1S/C15H15N5O2/c1-2-15(21)20(14-9-11(18-22)3-6-16-14)13-5-8-19-12(10-13)4-7-17-19/h3-10H,2,18H2,1H3. The van der Waals surface area contributed by atoms with Gasteiger partial charge in [-0.3, -0.25) is 9.69 Å². The van der Waals surface area contributed by atoms with Gasteiger partial charge in [-0.1, -0.05) is 6.92 Å². The summed E-state index contributed by atoms with van der Waals surface area (Å²) in [6.45, 7) is 1.79. The molecule has 3 aromatic heterocycles. The lowest BCUT2D eigenvalue weighted by Gasteiger charge is -2.21. The number of anilines is 2. The molecule has 3 rings (SSSR count). The molecule has 2 N–H and O–H groups in total. The molecule has 22 heavy (non-hydrogen) atoms. The van der Waals surface area contributed by atoms with Crippen LogP contribution in [-0.4, -0.2) is 20.5 Å². The average molecular weight is 297 g/mol. The molecule has 0 saturated heterocycles. The highest BCUT2D eigenvalue weighted by molar-refractivity contribution is 6.00. The summed E-state index contributed by atoms with van der Waals surface area (Å²) in [7, 11) is 0. The van der Waals surface area contributed by atoms with E-state index >= 15 is 0 Å². The molecule has 7 heteroatoms. The number of carbonyl (C=O) groups excluding carboxylic acids is 1. The number of pyridine rings is 2. The lowest BCUT2D eigenvalue weighted by Crippen LogP contribution is -2.70. The SMILES string of the molecule is CCC(=O)N(c1ccn2nccc2c1)c1cc([NH2+][O-])ccn1. The summed E-state index contributed by atoms with van der Waals surface area (Å²) < 4.78 is 1.72. The highest BCUT2D eigenvalue weighted by Crippen LogP contribution is 2.26. The van der Waals surface area contributed by atoms with Crippen LogP contribution < -0.4 is 10.4 Å². The molecule has 3 aromatic rings. The normalized spacial score (nSPS) is 10.8. The Morgan fingerprint density at radius 3 is 2.95 bits per heavy atom. The van der Waals surface area contributed by atoms with Crippen LogP contribution in [0.3, 0.4) is 0 Å². The van der Waals surface area contributed by atoms with Crippen molar-refractivity contribution in [2.75, 3.05) is 4.90 Å².